The van der Waals surface area contributed by atoms with Crippen LogP contribution in [0.2, 0.25) is 0 Å². The maximum Gasteiger partial charge on any atom is 0.306 e. The molecule has 0 fully saturated rings. The van der Waals surface area contributed by atoms with Gasteiger partial charge in [-0.1, -0.05) is 328 Å². The molecule has 0 aliphatic rings. The Bertz CT molecular complexity index is 1190. The van der Waals surface area contributed by atoms with Crippen molar-refractivity contribution in [3.8, 4) is 0 Å². The normalized spacial score (nSPS) is 12.1. The lowest BCUT2D eigenvalue weighted by atomic mass is 10.0. The van der Waals surface area contributed by atoms with Gasteiger partial charge < -0.3 is 14.2 Å². The Morgan fingerprint density at radius 1 is 0.270 bits per heavy atom. The molecular weight excluding hydrogens is 913 g/mol. The first-order valence-electron chi connectivity index (χ1n) is 33.3. The van der Waals surface area contributed by atoms with E-state index in [1.165, 1.54) is 270 Å². The largest absolute Gasteiger partial charge is 0.462 e. The van der Waals surface area contributed by atoms with E-state index >= 15 is 0 Å². The molecule has 0 rings (SSSR count). The third-order valence-corrected chi connectivity index (χ3v) is 15.2. The van der Waals surface area contributed by atoms with Crippen molar-refractivity contribution in [1.29, 1.82) is 0 Å². The summed E-state index contributed by atoms with van der Waals surface area (Å²) in [7, 11) is 0. The van der Waals surface area contributed by atoms with E-state index in [1.807, 2.05) is 0 Å². The van der Waals surface area contributed by atoms with Crippen LogP contribution in [0.15, 0.2) is 24.3 Å². The van der Waals surface area contributed by atoms with Crippen LogP contribution in [0.5, 0.6) is 0 Å². The van der Waals surface area contributed by atoms with Gasteiger partial charge in [-0.05, 0) is 51.4 Å². The van der Waals surface area contributed by atoms with Crippen molar-refractivity contribution in [2.75, 3.05) is 13.2 Å². The lowest BCUT2D eigenvalue weighted by molar-refractivity contribution is -0.167. The molecule has 0 aromatic carbocycles. The molecule has 0 N–H and O–H groups in total. The molecule has 0 aliphatic carbocycles. The van der Waals surface area contributed by atoms with Gasteiger partial charge in [0, 0.05) is 19.3 Å². The Kier molecular flexibility index (Phi) is 61.6. The van der Waals surface area contributed by atoms with Gasteiger partial charge in [-0.15, -0.1) is 0 Å². The Hall–Kier alpha value is -2.11. The van der Waals surface area contributed by atoms with Gasteiger partial charge in [0.15, 0.2) is 6.10 Å². The number of hydrogen-bond donors (Lipinski definition) is 0. The predicted octanol–water partition coefficient (Wildman–Crippen LogP) is 22.6. The molecule has 0 aliphatic heterocycles. The number of allylic oxidation sites excluding steroid dienone is 4. The molecule has 1 unspecified atom stereocenters. The molecule has 6 heteroatoms. The van der Waals surface area contributed by atoms with Crippen molar-refractivity contribution in [2.24, 2.45) is 0 Å². The molecule has 0 amide bonds. The zero-order valence-electron chi connectivity index (χ0n) is 50.1. The van der Waals surface area contributed by atoms with E-state index in [-0.39, 0.29) is 31.1 Å². The smallest absolute Gasteiger partial charge is 0.306 e. The molecule has 0 saturated heterocycles. The minimum Gasteiger partial charge on any atom is -0.462 e. The van der Waals surface area contributed by atoms with Crippen LogP contribution in [0.4, 0.5) is 0 Å². The van der Waals surface area contributed by atoms with E-state index in [0.717, 1.165) is 64.2 Å². The zero-order chi connectivity index (χ0) is 53.6. The van der Waals surface area contributed by atoms with Gasteiger partial charge in [-0.25, -0.2) is 0 Å². The average Bonchev–Trinajstić information content (AvgIpc) is 3.40. The molecule has 0 heterocycles. The first-order valence-corrected chi connectivity index (χ1v) is 33.3. The minimum atomic E-state index is -0.769. The number of rotatable bonds is 62. The van der Waals surface area contributed by atoms with Crippen molar-refractivity contribution in [1.82, 2.24) is 0 Å². The maximum absolute atomic E-state index is 12.9. The molecule has 0 saturated carbocycles. The summed E-state index contributed by atoms with van der Waals surface area (Å²) in [5.41, 5.74) is 0. The Balaban J connectivity index is 4.17. The summed E-state index contributed by atoms with van der Waals surface area (Å²) in [4.78, 5) is 38.3. The standard InChI is InChI=1S/C68H128O6/c1-4-7-10-13-16-19-22-24-26-28-30-31-32-33-34-35-36-38-39-41-43-46-49-52-55-58-61-67(70)73-64-65(63-72-66(69)60-57-54-51-48-45-21-18-15-12-9-6-3)74-68(71)62-59-56-53-50-47-44-42-40-37-29-27-25-23-20-17-14-11-8-5-2/h17,20,25,27,65H,4-16,18-19,21-24,26,28-64H2,1-3H3/b20-17-,27-25-. The fourth-order valence-corrected chi connectivity index (χ4v) is 10.2. The maximum atomic E-state index is 12.9. The van der Waals surface area contributed by atoms with Crippen LogP contribution in [0, 0.1) is 0 Å². The second-order valence-electron chi connectivity index (χ2n) is 22.7. The van der Waals surface area contributed by atoms with Crippen molar-refractivity contribution >= 4 is 17.9 Å². The Labute approximate surface area is 462 Å². The van der Waals surface area contributed by atoms with E-state index < -0.39 is 6.10 Å². The SMILES string of the molecule is CCCCC/C=C\C/C=C\CCCCCCCCCCCC(=O)OC(COC(=O)CCCCCCCCCCCCC)COC(=O)CCCCCCCCCCCCCCCCCCCCCCCCCCCC. The number of unbranched alkanes of at least 4 members (excludes halogenated alkanes) is 47. The molecule has 1 atom stereocenters. The summed E-state index contributed by atoms with van der Waals surface area (Å²) in [5, 5.41) is 0. The molecule has 0 aromatic rings. The first kappa shape index (κ1) is 71.9. The van der Waals surface area contributed by atoms with Gasteiger partial charge in [0.1, 0.15) is 13.2 Å². The third-order valence-electron chi connectivity index (χ3n) is 15.2. The highest BCUT2D eigenvalue weighted by Crippen LogP contribution is 2.18. The Morgan fingerprint density at radius 3 is 0.770 bits per heavy atom. The number of hydrogen-bond acceptors (Lipinski definition) is 6. The summed E-state index contributed by atoms with van der Waals surface area (Å²) < 4.78 is 16.9. The molecule has 0 aromatic heterocycles. The van der Waals surface area contributed by atoms with Crippen molar-refractivity contribution in [3.63, 3.8) is 0 Å². The van der Waals surface area contributed by atoms with Crippen LogP contribution in [0.1, 0.15) is 374 Å². The summed E-state index contributed by atoms with van der Waals surface area (Å²) in [6.45, 7) is 6.68. The lowest BCUT2D eigenvalue weighted by Crippen LogP contribution is -2.30. The van der Waals surface area contributed by atoms with Crippen molar-refractivity contribution in [2.45, 2.75) is 380 Å². The highest BCUT2D eigenvalue weighted by molar-refractivity contribution is 5.71. The van der Waals surface area contributed by atoms with E-state index in [4.69, 9.17) is 14.2 Å². The quantitative estimate of drug-likeness (QED) is 0.0261. The third kappa shape index (κ3) is 60.8. The van der Waals surface area contributed by atoms with E-state index in [1.54, 1.807) is 0 Å². The molecule has 436 valence electrons. The van der Waals surface area contributed by atoms with Gasteiger partial charge >= 0.3 is 17.9 Å². The average molecular weight is 1040 g/mol. The second kappa shape index (κ2) is 63.4. The van der Waals surface area contributed by atoms with Crippen LogP contribution >= 0.6 is 0 Å². The highest BCUT2D eigenvalue weighted by Gasteiger charge is 2.19. The molecule has 6 nitrogen and oxygen atoms in total. The van der Waals surface area contributed by atoms with E-state index in [2.05, 4.69) is 45.1 Å². The van der Waals surface area contributed by atoms with Crippen LogP contribution < -0.4 is 0 Å². The van der Waals surface area contributed by atoms with Crippen LogP contribution in [0.25, 0.3) is 0 Å². The highest BCUT2D eigenvalue weighted by atomic mass is 16.6. The van der Waals surface area contributed by atoms with Crippen molar-refractivity contribution in [3.05, 3.63) is 24.3 Å². The predicted molar refractivity (Wildman–Crippen MR) is 321 cm³/mol. The monoisotopic (exact) mass is 1040 g/mol. The van der Waals surface area contributed by atoms with Gasteiger partial charge in [0.25, 0.3) is 0 Å². The van der Waals surface area contributed by atoms with Crippen LogP contribution in [-0.2, 0) is 28.6 Å². The summed E-state index contributed by atoms with van der Waals surface area (Å²) in [6, 6.07) is 0. The number of ether oxygens (including phenoxy) is 3. The molecule has 74 heavy (non-hydrogen) atoms. The molecule has 0 spiro atoms. The molecular formula is C68H128O6. The fraction of sp³-hybridized carbons (Fsp3) is 0.897. The number of carbonyl (C=O) groups is 3. The van der Waals surface area contributed by atoms with Crippen LogP contribution in [-0.4, -0.2) is 37.2 Å². The van der Waals surface area contributed by atoms with Gasteiger partial charge in [0.2, 0.25) is 0 Å². The number of carbonyl (C=O) groups excluding carboxylic acids is 3. The summed E-state index contributed by atoms with van der Waals surface area (Å²) >= 11 is 0. The second-order valence-corrected chi connectivity index (χ2v) is 22.7. The first-order chi connectivity index (χ1) is 36.5. The minimum absolute atomic E-state index is 0.0669. The van der Waals surface area contributed by atoms with Gasteiger partial charge in [-0.3, -0.25) is 14.4 Å². The van der Waals surface area contributed by atoms with Crippen molar-refractivity contribution < 1.29 is 28.6 Å². The fourth-order valence-electron chi connectivity index (χ4n) is 10.2. The van der Waals surface area contributed by atoms with E-state index in [0.29, 0.717) is 19.3 Å². The topological polar surface area (TPSA) is 78.9 Å². The lowest BCUT2D eigenvalue weighted by Gasteiger charge is -2.18. The number of esters is 3. The molecule has 0 bridgehead atoms. The summed E-state index contributed by atoms with van der Waals surface area (Å²) in [6.07, 6.45) is 76.3. The zero-order valence-corrected chi connectivity index (χ0v) is 50.1. The summed E-state index contributed by atoms with van der Waals surface area (Å²) in [5.74, 6) is -0.844. The van der Waals surface area contributed by atoms with Crippen LogP contribution in [0.3, 0.4) is 0 Å². The molecule has 0 radical (unpaired) electrons. The Morgan fingerprint density at radius 2 is 0.486 bits per heavy atom. The van der Waals surface area contributed by atoms with Gasteiger partial charge in [-0.2, -0.15) is 0 Å². The van der Waals surface area contributed by atoms with E-state index in [9.17, 15) is 14.4 Å². The van der Waals surface area contributed by atoms with Gasteiger partial charge in [0.05, 0.1) is 0 Å².